The number of ether oxygens (including phenoxy) is 1. The van der Waals surface area contributed by atoms with Gasteiger partial charge in [0.1, 0.15) is 17.0 Å². The van der Waals surface area contributed by atoms with Gasteiger partial charge < -0.3 is 9.72 Å². The number of carbonyl (C=O) groups is 1. The predicted molar refractivity (Wildman–Crippen MR) is 67.3 cm³/mol. The summed E-state index contributed by atoms with van der Waals surface area (Å²) in [4.78, 5) is 29.6. The SMILES string of the molecule is CCOC(=O)CCc1nc2cccc(F)c2c(=O)[nH]1. The van der Waals surface area contributed by atoms with E-state index in [0.29, 0.717) is 12.4 Å². The summed E-state index contributed by atoms with van der Waals surface area (Å²) in [6.07, 6.45) is 0.373. The number of benzene rings is 1. The number of hydrogen-bond acceptors (Lipinski definition) is 4. The van der Waals surface area contributed by atoms with Crippen molar-refractivity contribution in [2.75, 3.05) is 6.61 Å². The highest BCUT2D eigenvalue weighted by Gasteiger charge is 2.09. The zero-order valence-corrected chi connectivity index (χ0v) is 10.4. The summed E-state index contributed by atoms with van der Waals surface area (Å²) >= 11 is 0. The summed E-state index contributed by atoms with van der Waals surface area (Å²) in [5, 5.41) is -0.0672. The highest BCUT2D eigenvalue weighted by molar-refractivity contribution is 5.78. The number of aryl methyl sites for hydroxylation is 1. The Kier molecular flexibility index (Phi) is 3.89. The molecular weight excluding hydrogens is 251 g/mol. The van der Waals surface area contributed by atoms with E-state index < -0.39 is 11.4 Å². The van der Waals surface area contributed by atoms with Crippen molar-refractivity contribution < 1.29 is 13.9 Å². The number of nitrogens with one attached hydrogen (secondary N) is 1. The van der Waals surface area contributed by atoms with Crippen LogP contribution in [0, 0.1) is 5.82 Å². The fraction of sp³-hybridized carbons (Fsp3) is 0.308. The van der Waals surface area contributed by atoms with Crippen molar-refractivity contribution in [3.63, 3.8) is 0 Å². The van der Waals surface area contributed by atoms with Crippen LogP contribution in [0.3, 0.4) is 0 Å². The van der Waals surface area contributed by atoms with Crippen LogP contribution in [0.5, 0.6) is 0 Å². The van der Waals surface area contributed by atoms with Crippen LogP contribution in [0.15, 0.2) is 23.0 Å². The monoisotopic (exact) mass is 264 g/mol. The summed E-state index contributed by atoms with van der Waals surface area (Å²) in [7, 11) is 0. The van der Waals surface area contributed by atoms with Crippen molar-refractivity contribution in [2.45, 2.75) is 19.8 Å². The Labute approximate surface area is 108 Å². The molecular formula is C13H13FN2O3. The molecule has 19 heavy (non-hydrogen) atoms. The van der Waals surface area contributed by atoms with E-state index in [2.05, 4.69) is 9.97 Å². The first-order valence-corrected chi connectivity index (χ1v) is 5.95. The second-order valence-corrected chi connectivity index (χ2v) is 3.95. The van der Waals surface area contributed by atoms with Gasteiger partial charge >= 0.3 is 5.97 Å². The predicted octanol–water partition coefficient (Wildman–Crippen LogP) is 1.56. The van der Waals surface area contributed by atoms with Crippen LogP contribution in [0.25, 0.3) is 10.9 Å². The van der Waals surface area contributed by atoms with Gasteiger partial charge in [-0.1, -0.05) is 6.07 Å². The Balaban J connectivity index is 2.27. The van der Waals surface area contributed by atoms with Gasteiger partial charge in [0.05, 0.1) is 18.5 Å². The molecule has 1 heterocycles. The average molecular weight is 264 g/mol. The molecule has 1 N–H and O–H groups in total. The molecule has 0 amide bonds. The Hall–Kier alpha value is -2.24. The number of carbonyl (C=O) groups excluding carboxylic acids is 1. The van der Waals surface area contributed by atoms with Crippen LogP contribution in [-0.4, -0.2) is 22.5 Å². The van der Waals surface area contributed by atoms with Gasteiger partial charge in [-0.15, -0.1) is 0 Å². The first-order valence-electron chi connectivity index (χ1n) is 5.95. The smallest absolute Gasteiger partial charge is 0.306 e. The number of fused-ring (bicyclic) bond motifs is 1. The van der Waals surface area contributed by atoms with E-state index in [1.54, 1.807) is 13.0 Å². The molecule has 2 rings (SSSR count). The molecule has 1 aromatic carbocycles. The van der Waals surface area contributed by atoms with Gasteiger partial charge in [0.2, 0.25) is 0 Å². The first-order chi connectivity index (χ1) is 9.11. The van der Waals surface area contributed by atoms with Crippen LogP contribution in [-0.2, 0) is 16.0 Å². The molecule has 0 aliphatic heterocycles. The number of rotatable bonds is 4. The number of esters is 1. The molecule has 6 heteroatoms. The lowest BCUT2D eigenvalue weighted by Gasteiger charge is -2.03. The molecule has 0 saturated heterocycles. The molecule has 0 atom stereocenters. The molecule has 5 nitrogen and oxygen atoms in total. The summed E-state index contributed by atoms with van der Waals surface area (Å²) < 4.78 is 18.2. The second-order valence-electron chi connectivity index (χ2n) is 3.95. The molecule has 0 bridgehead atoms. The van der Waals surface area contributed by atoms with E-state index in [4.69, 9.17) is 4.74 Å². The van der Waals surface area contributed by atoms with Crippen LogP contribution in [0.4, 0.5) is 4.39 Å². The third kappa shape index (κ3) is 2.96. The number of nitrogens with zero attached hydrogens (tertiary/aromatic N) is 1. The minimum atomic E-state index is -0.608. The standard InChI is InChI=1S/C13H13FN2O3/c1-2-19-11(17)7-6-10-15-9-5-3-4-8(14)12(9)13(18)16-10/h3-5H,2,6-7H2,1H3,(H,15,16,18). The normalized spacial score (nSPS) is 10.6. The molecule has 0 saturated carbocycles. The lowest BCUT2D eigenvalue weighted by Crippen LogP contribution is -2.15. The third-order valence-electron chi connectivity index (χ3n) is 2.60. The van der Waals surface area contributed by atoms with Crippen molar-refractivity contribution >= 4 is 16.9 Å². The van der Waals surface area contributed by atoms with Crippen molar-refractivity contribution in [1.82, 2.24) is 9.97 Å². The molecule has 0 aliphatic carbocycles. The van der Waals surface area contributed by atoms with Crippen LogP contribution < -0.4 is 5.56 Å². The molecule has 0 aliphatic rings. The van der Waals surface area contributed by atoms with E-state index in [1.807, 2.05) is 0 Å². The zero-order valence-electron chi connectivity index (χ0n) is 10.4. The summed E-state index contributed by atoms with van der Waals surface area (Å²) in [6.45, 7) is 2.03. The van der Waals surface area contributed by atoms with Gasteiger partial charge in [-0.2, -0.15) is 0 Å². The van der Waals surface area contributed by atoms with Gasteiger partial charge in [0, 0.05) is 6.42 Å². The van der Waals surface area contributed by atoms with Gasteiger partial charge in [0.15, 0.2) is 0 Å². The van der Waals surface area contributed by atoms with Crippen molar-refractivity contribution in [3.8, 4) is 0 Å². The lowest BCUT2D eigenvalue weighted by molar-refractivity contribution is -0.143. The van der Waals surface area contributed by atoms with E-state index in [-0.39, 0.29) is 29.7 Å². The summed E-state index contributed by atoms with van der Waals surface area (Å²) in [6, 6.07) is 4.25. The maximum Gasteiger partial charge on any atom is 0.306 e. The molecule has 2 aromatic rings. The molecule has 0 spiro atoms. The highest BCUT2D eigenvalue weighted by Crippen LogP contribution is 2.11. The summed E-state index contributed by atoms with van der Waals surface area (Å²) in [5.41, 5.74) is -0.260. The topological polar surface area (TPSA) is 72.0 Å². The molecule has 0 unspecified atom stereocenters. The summed E-state index contributed by atoms with van der Waals surface area (Å²) in [5.74, 6) is -0.621. The van der Waals surface area contributed by atoms with Crippen molar-refractivity contribution in [3.05, 3.63) is 40.2 Å². The lowest BCUT2D eigenvalue weighted by atomic mass is 10.2. The fourth-order valence-corrected chi connectivity index (χ4v) is 1.77. The number of halogens is 1. The molecule has 1 aromatic heterocycles. The van der Waals surface area contributed by atoms with Crippen molar-refractivity contribution in [1.29, 1.82) is 0 Å². The average Bonchev–Trinajstić information content (AvgIpc) is 2.36. The van der Waals surface area contributed by atoms with E-state index >= 15 is 0 Å². The Morgan fingerprint density at radius 3 is 3.00 bits per heavy atom. The first kappa shape index (κ1) is 13.2. The number of aromatic nitrogens is 2. The van der Waals surface area contributed by atoms with Crippen molar-refractivity contribution in [2.24, 2.45) is 0 Å². The number of hydrogen-bond donors (Lipinski definition) is 1. The molecule has 100 valence electrons. The van der Waals surface area contributed by atoms with Crippen LogP contribution in [0.2, 0.25) is 0 Å². The third-order valence-corrected chi connectivity index (χ3v) is 2.60. The number of H-pyrrole nitrogens is 1. The van der Waals surface area contributed by atoms with Gasteiger partial charge in [-0.25, -0.2) is 9.37 Å². The van der Waals surface area contributed by atoms with Gasteiger partial charge in [0.25, 0.3) is 5.56 Å². The number of aromatic amines is 1. The maximum absolute atomic E-state index is 13.5. The van der Waals surface area contributed by atoms with E-state index in [9.17, 15) is 14.0 Å². The largest absolute Gasteiger partial charge is 0.466 e. The Morgan fingerprint density at radius 2 is 2.26 bits per heavy atom. The van der Waals surface area contributed by atoms with Gasteiger partial charge in [-0.05, 0) is 19.1 Å². The van der Waals surface area contributed by atoms with Crippen LogP contribution >= 0.6 is 0 Å². The highest BCUT2D eigenvalue weighted by atomic mass is 19.1. The minimum Gasteiger partial charge on any atom is -0.466 e. The minimum absolute atomic E-state index is 0.0672. The fourth-order valence-electron chi connectivity index (χ4n) is 1.77. The van der Waals surface area contributed by atoms with E-state index in [0.717, 1.165) is 0 Å². The van der Waals surface area contributed by atoms with Gasteiger partial charge in [-0.3, -0.25) is 9.59 Å². The molecule has 0 fully saturated rings. The Bertz CT molecular complexity index is 666. The van der Waals surface area contributed by atoms with E-state index in [1.165, 1.54) is 12.1 Å². The van der Waals surface area contributed by atoms with Crippen LogP contribution in [0.1, 0.15) is 19.2 Å². The second kappa shape index (κ2) is 5.60. The Morgan fingerprint density at radius 1 is 1.47 bits per heavy atom. The quantitative estimate of drug-likeness (QED) is 0.850. The maximum atomic E-state index is 13.5. The molecule has 0 radical (unpaired) electrons. The zero-order chi connectivity index (χ0) is 13.8.